The molecule has 0 heterocycles. The van der Waals surface area contributed by atoms with Gasteiger partial charge in [-0.15, -0.1) is 0 Å². The van der Waals surface area contributed by atoms with Crippen LogP contribution in [0, 0.1) is 5.41 Å². The molecule has 56 valence electrons. The van der Waals surface area contributed by atoms with Crippen molar-refractivity contribution in [3.05, 3.63) is 12.2 Å². The topological polar surface area (TPSA) is 17.1 Å². The first-order valence-electron chi connectivity index (χ1n) is 3.50. The summed E-state index contributed by atoms with van der Waals surface area (Å²) in [5.41, 5.74) is -0.281. The highest BCUT2D eigenvalue weighted by Crippen LogP contribution is 2.33. The normalized spacial score (nSPS) is 32.2. The predicted octanol–water partition coefficient (Wildman–Crippen LogP) is 2.50. The van der Waals surface area contributed by atoms with Crippen LogP contribution in [0.15, 0.2) is 12.2 Å². The van der Waals surface area contributed by atoms with Crippen LogP contribution in [0.5, 0.6) is 0 Å². The van der Waals surface area contributed by atoms with Gasteiger partial charge in [-0.2, -0.15) is 0 Å². The average molecular weight is 159 g/mol. The summed E-state index contributed by atoms with van der Waals surface area (Å²) >= 11 is 5.42. The zero-order chi connectivity index (χ0) is 7.61. The van der Waals surface area contributed by atoms with Gasteiger partial charge in [0.2, 0.25) is 5.24 Å². The summed E-state index contributed by atoms with van der Waals surface area (Å²) in [4.78, 5) is 10.9. The Labute approximate surface area is 66.1 Å². The van der Waals surface area contributed by atoms with Crippen molar-refractivity contribution in [2.24, 2.45) is 5.41 Å². The van der Waals surface area contributed by atoms with E-state index in [1.54, 1.807) is 0 Å². The molecule has 1 atom stereocenters. The number of halogens is 1. The van der Waals surface area contributed by atoms with Gasteiger partial charge in [0.05, 0.1) is 0 Å². The third-order valence-corrected chi connectivity index (χ3v) is 2.53. The lowest BCUT2D eigenvalue weighted by atomic mass is 9.80. The Morgan fingerprint density at radius 1 is 1.60 bits per heavy atom. The van der Waals surface area contributed by atoms with Gasteiger partial charge < -0.3 is 0 Å². The summed E-state index contributed by atoms with van der Waals surface area (Å²) in [7, 11) is 0. The van der Waals surface area contributed by atoms with Crippen molar-refractivity contribution in [2.75, 3.05) is 0 Å². The van der Waals surface area contributed by atoms with Crippen LogP contribution in [0.1, 0.15) is 26.2 Å². The number of carbonyl (C=O) groups excluding carboxylic acids is 1. The summed E-state index contributed by atoms with van der Waals surface area (Å²) in [6.45, 7) is 1.92. The first kappa shape index (κ1) is 7.80. The highest BCUT2D eigenvalue weighted by molar-refractivity contribution is 6.64. The zero-order valence-electron chi connectivity index (χ0n) is 6.06. The van der Waals surface area contributed by atoms with Gasteiger partial charge in [-0.1, -0.05) is 19.1 Å². The number of allylic oxidation sites excluding steroid dienone is 2. The van der Waals surface area contributed by atoms with Crippen LogP contribution in [0.2, 0.25) is 0 Å². The van der Waals surface area contributed by atoms with Crippen LogP contribution in [-0.4, -0.2) is 5.24 Å². The minimum absolute atomic E-state index is 0.197. The maximum Gasteiger partial charge on any atom is 0.227 e. The Balaban J connectivity index is 2.68. The summed E-state index contributed by atoms with van der Waals surface area (Å²) in [5, 5.41) is -0.197. The van der Waals surface area contributed by atoms with Crippen molar-refractivity contribution in [3.8, 4) is 0 Å². The van der Waals surface area contributed by atoms with E-state index in [0.29, 0.717) is 0 Å². The molecule has 0 aromatic carbocycles. The SMILES string of the molecule is CC1(C(=O)Cl)CC=CCC1. The maximum atomic E-state index is 10.9. The van der Waals surface area contributed by atoms with Crippen LogP contribution in [0.4, 0.5) is 0 Å². The molecule has 0 aliphatic heterocycles. The molecule has 0 amide bonds. The van der Waals surface area contributed by atoms with Gasteiger partial charge in [-0.3, -0.25) is 4.79 Å². The van der Waals surface area contributed by atoms with Gasteiger partial charge in [0.15, 0.2) is 0 Å². The van der Waals surface area contributed by atoms with E-state index in [-0.39, 0.29) is 10.7 Å². The molecule has 0 aromatic heterocycles. The number of carbonyl (C=O) groups is 1. The predicted molar refractivity (Wildman–Crippen MR) is 42.0 cm³/mol. The summed E-state index contributed by atoms with van der Waals surface area (Å²) in [6, 6.07) is 0. The number of hydrogen-bond donors (Lipinski definition) is 0. The Morgan fingerprint density at radius 2 is 2.30 bits per heavy atom. The molecule has 0 spiro atoms. The van der Waals surface area contributed by atoms with Crippen molar-refractivity contribution < 1.29 is 4.79 Å². The van der Waals surface area contributed by atoms with Crippen LogP contribution in [0.25, 0.3) is 0 Å². The van der Waals surface area contributed by atoms with Crippen LogP contribution in [-0.2, 0) is 4.79 Å². The van der Waals surface area contributed by atoms with E-state index >= 15 is 0 Å². The van der Waals surface area contributed by atoms with Crippen molar-refractivity contribution in [1.29, 1.82) is 0 Å². The molecule has 2 heteroatoms. The van der Waals surface area contributed by atoms with Crippen molar-refractivity contribution in [1.82, 2.24) is 0 Å². The fourth-order valence-corrected chi connectivity index (χ4v) is 1.32. The molecule has 0 saturated carbocycles. The van der Waals surface area contributed by atoms with Gasteiger partial charge in [0, 0.05) is 5.41 Å². The van der Waals surface area contributed by atoms with Crippen LogP contribution >= 0.6 is 11.6 Å². The smallest absolute Gasteiger partial charge is 0.227 e. The first-order valence-corrected chi connectivity index (χ1v) is 3.88. The van der Waals surface area contributed by atoms with Gasteiger partial charge in [-0.05, 0) is 30.9 Å². The second-order valence-corrected chi connectivity index (χ2v) is 3.39. The molecule has 0 bridgehead atoms. The highest BCUT2D eigenvalue weighted by Gasteiger charge is 2.30. The van der Waals surface area contributed by atoms with E-state index in [1.807, 2.05) is 13.0 Å². The molecular weight excluding hydrogens is 148 g/mol. The molecule has 0 saturated heterocycles. The fraction of sp³-hybridized carbons (Fsp3) is 0.625. The molecule has 0 N–H and O–H groups in total. The maximum absolute atomic E-state index is 10.9. The van der Waals surface area contributed by atoms with Gasteiger partial charge in [0.25, 0.3) is 0 Å². The summed E-state index contributed by atoms with van der Waals surface area (Å²) in [5.74, 6) is 0. The molecule has 0 radical (unpaired) electrons. The lowest BCUT2D eigenvalue weighted by Gasteiger charge is -2.25. The lowest BCUT2D eigenvalue weighted by molar-refractivity contribution is -0.120. The van der Waals surface area contributed by atoms with Crippen molar-refractivity contribution >= 4 is 16.8 Å². The van der Waals surface area contributed by atoms with Gasteiger partial charge in [0.1, 0.15) is 0 Å². The van der Waals surface area contributed by atoms with Crippen molar-refractivity contribution in [2.45, 2.75) is 26.2 Å². The quantitative estimate of drug-likeness (QED) is 0.423. The Hall–Kier alpha value is -0.300. The second kappa shape index (κ2) is 2.75. The lowest BCUT2D eigenvalue weighted by Crippen LogP contribution is -2.24. The average Bonchev–Trinajstić information content (AvgIpc) is 1.89. The number of rotatable bonds is 1. The first-order chi connectivity index (χ1) is 4.65. The van der Waals surface area contributed by atoms with E-state index in [0.717, 1.165) is 19.3 Å². The molecule has 1 nitrogen and oxygen atoms in total. The van der Waals surface area contributed by atoms with Gasteiger partial charge in [-0.25, -0.2) is 0 Å². The molecule has 1 aliphatic carbocycles. The Morgan fingerprint density at radius 3 is 2.60 bits per heavy atom. The third kappa shape index (κ3) is 1.40. The minimum Gasteiger partial charge on any atom is -0.281 e. The molecule has 0 fully saturated rings. The molecule has 0 aromatic rings. The van der Waals surface area contributed by atoms with E-state index in [1.165, 1.54) is 0 Å². The van der Waals surface area contributed by atoms with E-state index in [9.17, 15) is 4.79 Å². The zero-order valence-corrected chi connectivity index (χ0v) is 6.82. The summed E-state index contributed by atoms with van der Waals surface area (Å²) in [6.07, 6.45) is 6.81. The van der Waals surface area contributed by atoms with E-state index in [2.05, 4.69) is 6.08 Å². The van der Waals surface area contributed by atoms with E-state index < -0.39 is 0 Å². The monoisotopic (exact) mass is 158 g/mol. The molecule has 1 unspecified atom stereocenters. The van der Waals surface area contributed by atoms with Crippen LogP contribution in [0.3, 0.4) is 0 Å². The molecule has 1 aliphatic rings. The molecular formula is C8H11ClO. The highest BCUT2D eigenvalue weighted by atomic mass is 35.5. The Bertz CT molecular complexity index is 174. The minimum atomic E-state index is -0.281. The van der Waals surface area contributed by atoms with Gasteiger partial charge >= 0.3 is 0 Å². The molecule has 10 heavy (non-hydrogen) atoms. The summed E-state index contributed by atoms with van der Waals surface area (Å²) < 4.78 is 0. The Kier molecular flexibility index (Phi) is 2.14. The standard InChI is InChI=1S/C8H11ClO/c1-8(7(9)10)5-3-2-4-6-8/h2-3H,4-6H2,1H3. The fourth-order valence-electron chi connectivity index (χ4n) is 1.14. The third-order valence-electron chi connectivity index (χ3n) is 2.07. The second-order valence-electron chi connectivity index (χ2n) is 3.05. The van der Waals surface area contributed by atoms with Crippen molar-refractivity contribution in [3.63, 3.8) is 0 Å². The molecule has 1 rings (SSSR count). The van der Waals surface area contributed by atoms with Crippen LogP contribution < -0.4 is 0 Å². The largest absolute Gasteiger partial charge is 0.281 e. The van der Waals surface area contributed by atoms with E-state index in [4.69, 9.17) is 11.6 Å². The number of hydrogen-bond acceptors (Lipinski definition) is 1.